The Bertz CT molecular complexity index is 1040. The second kappa shape index (κ2) is 6.33. The number of hydrogen-bond donors (Lipinski definition) is 0. The van der Waals surface area contributed by atoms with Gasteiger partial charge in [0.2, 0.25) is 5.43 Å². The highest BCUT2D eigenvalue weighted by molar-refractivity contribution is 5.85. The number of rotatable bonds is 4. The fourth-order valence-corrected chi connectivity index (χ4v) is 2.96. The van der Waals surface area contributed by atoms with E-state index in [2.05, 4.69) is 0 Å². The molecule has 0 aliphatic heterocycles. The van der Waals surface area contributed by atoms with Crippen LogP contribution in [-0.2, 0) is 4.79 Å². The Morgan fingerprint density at radius 2 is 1.77 bits per heavy atom. The third-order valence-corrected chi connectivity index (χ3v) is 4.55. The van der Waals surface area contributed by atoms with E-state index < -0.39 is 0 Å². The largest absolute Gasteiger partial charge is 0.497 e. The molecule has 5 heteroatoms. The van der Waals surface area contributed by atoms with E-state index in [0.29, 0.717) is 28.0 Å². The zero-order valence-corrected chi connectivity index (χ0v) is 14.6. The molecule has 0 radical (unpaired) electrons. The summed E-state index contributed by atoms with van der Waals surface area (Å²) < 4.78 is 16.4. The lowest BCUT2D eigenvalue weighted by molar-refractivity contribution is -0.135. The third-order valence-electron chi connectivity index (χ3n) is 4.55. The molecule has 1 aliphatic carbocycles. The smallest absolute Gasteiger partial charge is 0.314 e. The topological polar surface area (TPSA) is 65.7 Å². The summed E-state index contributed by atoms with van der Waals surface area (Å²) in [6.45, 7) is 1.75. The number of fused-ring (bicyclic) bond motifs is 1. The van der Waals surface area contributed by atoms with Gasteiger partial charge in [0.25, 0.3) is 0 Å². The molecule has 132 valence electrons. The highest BCUT2D eigenvalue weighted by Crippen LogP contribution is 2.32. The Labute approximate surface area is 150 Å². The summed E-state index contributed by atoms with van der Waals surface area (Å²) in [5.41, 5.74) is 1.57. The molecule has 0 spiro atoms. The van der Waals surface area contributed by atoms with Crippen LogP contribution in [0, 0.1) is 12.8 Å². The van der Waals surface area contributed by atoms with Crippen molar-refractivity contribution in [3.05, 3.63) is 58.4 Å². The molecule has 1 saturated carbocycles. The van der Waals surface area contributed by atoms with Gasteiger partial charge in [-0.1, -0.05) is 12.1 Å². The van der Waals surface area contributed by atoms with Crippen molar-refractivity contribution in [1.82, 2.24) is 0 Å². The molecule has 1 aromatic heterocycles. The first-order valence-electron chi connectivity index (χ1n) is 8.50. The molecule has 26 heavy (non-hydrogen) atoms. The predicted octanol–water partition coefficient (Wildman–Crippen LogP) is 4.09. The lowest BCUT2D eigenvalue weighted by Crippen LogP contribution is -2.11. The summed E-state index contributed by atoms with van der Waals surface area (Å²) in [5, 5.41) is 0.452. The first-order chi connectivity index (χ1) is 12.6. The van der Waals surface area contributed by atoms with Gasteiger partial charge in [0.15, 0.2) is 0 Å². The maximum absolute atomic E-state index is 13.0. The quantitative estimate of drug-likeness (QED) is 0.524. The fraction of sp³-hybridized carbons (Fsp3) is 0.238. The van der Waals surface area contributed by atoms with Crippen molar-refractivity contribution in [1.29, 1.82) is 0 Å². The van der Waals surface area contributed by atoms with Crippen molar-refractivity contribution in [3.63, 3.8) is 0 Å². The van der Waals surface area contributed by atoms with E-state index in [-0.39, 0.29) is 17.3 Å². The van der Waals surface area contributed by atoms with Gasteiger partial charge in [-0.15, -0.1) is 0 Å². The minimum absolute atomic E-state index is 0.0110. The van der Waals surface area contributed by atoms with Gasteiger partial charge >= 0.3 is 5.97 Å². The van der Waals surface area contributed by atoms with Gasteiger partial charge in [-0.25, -0.2) is 0 Å². The molecule has 3 aromatic rings. The van der Waals surface area contributed by atoms with Crippen LogP contribution in [-0.4, -0.2) is 13.1 Å². The average Bonchev–Trinajstić information content (AvgIpc) is 3.47. The molecule has 4 rings (SSSR count). The Balaban J connectivity index is 1.75. The molecule has 0 saturated heterocycles. The van der Waals surface area contributed by atoms with Crippen molar-refractivity contribution in [2.24, 2.45) is 5.92 Å². The van der Waals surface area contributed by atoms with E-state index in [1.54, 1.807) is 44.4 Å². The zero-order chi connectivity index (χ0) is 18.3. The number of carbonyl (C=O) groups excluding carboxylic acids is 1. The van der Waals surface area contributed by atoms with E-state index in [4.69, 9.17) is 13.9 Å². The summed E-state index contributed by atoms with van der Waals surface area (Å²) in [4.78, 5) is 24.8. The Morgan fingerprint density at radius 1 is 1.08 bits per heavy atom. The minimum Gasteiger partial charge on any atom is -0.497 e. The normalized spacial score (nSPS) is 13.6. The van der Waals surface area contributed by atoms with Crippen LogP contribution in [0.3, 0.4) is 0 Å². The molecule has 0 atom stereocenters. The van der Waals surface area contributed by atoms with Crippen LogP contribution in [0.4, 0.5) is 0 Å². The Morgan fingerprint density at radius 3 is 2.42 bits per heavy atom. The average molecular weight is 350 g/mol. The zero-order valence-electron chi connectivity index (χ0n) is 14.6. The molecule has 1 heterocycles. The van der Waals surface area contributed by atoms with Gasteiger partial charge in [0, 0.05) is 6.07 Å². The summed E-state index contributed by atoms with van der Waals surface area (Å²) in [6, 6.07) is 12.1. The van der Waals surface area contributed by atoms with E-state index in [1.807, 2.05) is 12.1 Å². The summed E-state index contributed by atoms with van der Waals surface area (Å²) in [7, 11) is 1.60. The number of esters is 1. The number of aryl methyl sites for hydroxylation is 1. The van der Waals surface area contributed by atoms with Crippen LogP contribution in [0.5, 0.6) is 11.5 Å². The van der Waals surface area contributed by atoms with Gasteiger partial charge in [0.1, 0.15) is 22.8 Å². The fourth-order valence-electron chi connectivity index (χ4n) is 2.96. The van der Waals surface area contributed by atoms with Crippen LogP contribution in [0.1, 0.15) is 18.6 Å². The summed E-state index contributed by atoms with van der Waals surface area (Å²) in [6.07, 6.45) is 1.76. The molecule has 0 bridgehead atoms. The highest BCUT2D eigenvalue weighted by atomic mass is 16.5. The molecule has 1 aliphatic rings. The van der Waals surface area contributed by atoms with Gasteiger partial charge in [-0.3, -0.25) is 9.59 Å². The van der Waals surface area contributed by atoms with Gasteiger partial charge in [-0.05, 0) is 49.6 Å². The standard InChI is InChI=1S/C21H18O5/c1-12-19(13-5-7-15(24-2)8-6-13)20(22)17-10-9-16(11-18(17)25-12)26-21(23)14-3-4-14/h5-11,14H,3-4H2,1-2H3. The molecule has 2 aromatic carbocycles. The summed E-state index contributed by atoms with van der Waals surface area (Å²) >= 11 is 0. The van der Waals surface area contributed by atoms with Crippen molar-refractivity contribution in [3.8, 4) is 22.6 Å². The molecular formula is C21H18O5. The predicted molar refractivity (Wildman–Crippen MR) is 97.6 cm³/mol. The van der Waals surface area contributed by atoms with Crippen LogP contribution >= 0.6 is 0 Å². The van der Waals surface area contributed by atoms with Crippen molar-refractivity contribution in [2.75, 3.05) is 7.11 Å². The molecular weight excluding hydrogens is 332 g/mol. The SMILES string of the molecule is COc1ccc(-c2c(C)oc3cc(OC(=O)C4CC4)ccc3c2=O)cc1. The molecule has 0 amide bonds. The molecule has 0 N–H and O–H groups in total. The number of hydrogen-bond acceptors (Lipinski definition) is 5. The maximum atomic E-state index is 13.0. The van der Waals surface area contributed by atoms with E-state index in [9.17, 15) is 9.59 Å². The van der Waals surface area contributed by atoms with E-state index in [0.717, 1.165) is 24.2 Å². The van der Waals surface area contributed by atoms with Crippen molar-refractivity contribution in [2.45, 2.75) is 19.8 Å². The van der Waals surface area contributed by atoms with Crippen molar-refractivity contribution < 1.29 is 18.7 Å². The van der Waals surface area contributed by atoms with Crippen LogP contribution in [0.2, 0.25) is 0 Å². The maximum Gasteiger partial charge on any atom is 0.314 e. The first-order valence-corrected chi connectivity index (χ1v) is 8.50. The van der Waals surface area contributed by atoms with E-state index >= 15 is 0 Å². The van der Waals surface area contributed by atoms with E-state index in [1.165, 1.54) is 0 Å². The van der Waals surface area contributed by atoms with Gasteiger partial charge in [-0.2, -0.15) is 0 Å². The second-order valence-corrected chi connectivity index (χ2v) is 6.44. The third kappa shape index (κ3) is 2.96. The number of ether oxygens (including phenoxy) is 2. The van der Waals surface area contributed by atoms with Crippen LogP contribution < -0.4 is 14.9 Å². The molecule has 0 unspecified atom stereocenters. The lowest BCUT2D eigenvalue weighted by Gasteiger charge is -2.09. The van der Waals surface area contributed by atoms with Gasteiger partial charge < -0.3 is 13.9 Å². The van der Waals surface area contributed by atoms with Crippen LogP contribution in [0.25, 0.3) is 22.1 Å². The van der Waals surface area contributed by atoms with Crippen LogP contribution in [0.15, 0.2) is 51.7 Å². The second-order valence-electron chi connectivity index (χ2n) is 6.44. The first kappa shape index (κ1) is 16.4. The molecule has 1 fully saturated rings. The summed E-state index contributed by atoms with van der Waals surface area (Å²) in [5.74, 6) is 1.42. The Hall–Kier alpha value is -3.08. The van der Waals surface area contributed by atoms with Crippen molar-refractivity contribution >= 4 is 16.9 Å². The lowest BCUT2D eigenvalue weighted by atomic mass is 10.0. The number of methoxy groups -OCH3 is 1. The number of benzene rings is 2. The number of carbonyl (C=O) groups is 1. The Kier molecular flexibility index (Phi) is 3.99. The van der Waals surface area contributed by atoms with Gasteiger partial charge in [0.05, 0.1) is 24.0 Å². The minimum atomic E-state index is -0.224. The highest BCUT2D eigenvalue weighted by Gasteiger charge is 2.31. The molecule has 5 nitrogen and oxygen atoms in total. The monoisotopic (exact) mass is 350 g/mol.